The maximum atomic E-state index is 11.3. The number of amides is 1. The summed E-state index contributed by atoms with van der Waals surface area (Å²) in [5.41, 5.74) is -0.546. The topological polar surface area (TPSA) is 38.3 Å². The molecular formula is C9H17Cl2NO2. The van der Waals surface area contributed by atoms with Gasteiger partial charge in [0.25, 0.3) is 0 Å². The van der Waals surface area contributed by atoms with Crippen molar-refractivity contribution in [2.75, 3.05) is 25.0 Å². The largest absolute Gasteiger partial charge is 0.372 e. The molecule has 3 nitrogen and oxygen atoms in total. The van der Waals surface area contributed by atoms with Crippen LogP contribution in [-0.4, -0.2) is 36.4 Å². The van der Waals surface area contributed by atoms with Gasteiger partial charge in [0, 0.05) is 18.4 Å². The molecule has 0 unspecified atom stereocenters. The fourth-order valence-corrected chi connectivity index (χ4v) is 1.20. The molecule has 0 atom stereocenters. The van der Waals surface area contributed by atoms with Gasteiger partial charge in [0.2, 0.25) is 5.91 Å². The van der Waals surface area contributed by atoms with Gasteiger partial charge in [-0.15, -0.1) is 23.2 Å². The van der Waals surface area contributed by atoms with E-state index in [1.165, 1.54) is 0 Å². The number of hydrogen-bond donors (Lipinski definition) is 1. The highest BCUT2D eigenvalue weighted by Crippen LogP contribution is 2.08. The summed E-state index contributed by atoms with van der Waals surface area (Å²) in [5.74, 6) is 0.397. The lowest BCUT2D eigenvalue weighted by Gasteiger charge is -2.25. The van der Waals surface area contributed by atoms with Gasteiger partial charge in [0.1, 0.15) is 6.61 Å². The first-order valence-electron chi connectivity index (χ1n) is 4.58. The molecule has 0 heterocycles. The molecule has 0 aliphatic rings. The van der Waals surface area contributed by atoms with Crippen molar-refractivity contribution in [3.05, 3.63) is 0 Å². The molecule has 0 aliphatic carbocycles. The van der Waals surface area contributed by atoms with Gasteiger partial charge in [0.05, 0.1) is 5.54 Å². The van der Waals surface area contributed by atoms with E-state index in [4.69, 9.17) is 27.9 Å². The van der Waals surface area contributed by atoms with E-state index in [0.29, 0.717) is 6.61 Å². The van der Waals surface area contributed by atoms with Gasteiger partial charge in [-0.25, -0.2) is 0 Å². The van der Waals surface area contributed by atoms with Crippen LogP contribution in [0.3, 0.4) is 0 Å². The minimum Gasteiger partial charge on any atom is -0.372 e. The Balaban J connectivity index is 3.80. The Kier molecular flexibility index (Phi) is 7.33. The lowest BCUT2D eigenvalue weighted by Crippen LogP contribution is -2.50. The minimum absolute atomic E-state index is 0.0667. The van der Waals surface area contributed by atoms with E-state index in [0.717, 1.165) is 6.42 Å². The molecule has 0 spiro atoms. The van der Waals surface area contributed by atoms with Crippen LogP contribution in [0.25, 0.3) is 0 Å². The molecule has 1 amide bonds. The van der Waals surface area contributed by atoms with Crippen LogP contribution in [0.5, 0.6) is 0 Å². The number of ether oxygens (including phenoxy) is 1. The van der Waals surface area contributed by atoms with Gasteiger partial charge in [0.15, 0.2) is 0 Å². The third-order valence-corrected chi connectivity index (χ3v) is 2.79. The first-order chi connectivity index (χ1) is 6.58. The molecule has 1 N–H and O–H groups in total. The Labute approximate surface area is 95.1 Å². The Hall–Kier alpha value is 0.01000. The average molecular weight is 242 g/mol. The molecule has 0 fully saturated rings. The van der Waals surface area contributed by atoms with Crippen LogP contribution < -0.4 is 5.32 Å². The Morgan fingerprint density at radius 3 is 2.43 bits per heavy atom. The van der Waals surface area contributed by atoms with Crippen LogP contribution in [0.15, 0.2) is 0 Å². The van der Waals surface area contributed by atoms with Crippen molar-refractivity contribution >= 4 is 29.1 Å². The SMILES string of the molecule is CCCOCC(=O)NC(C)(CCl)CCl. The predicted molar refractivity (Wildman–Crippen MR) is 59.1 cm³/mol. The van der Waals surface area contributed by atoms with Gasteiger partial charge in [-0.2, -0.15) is 0 Å². The zero-order valence-electron chi connectivity index (χ0n) is 8.61. The Morgan fingerprint density at radius 2 is 2.00 bits per heavy atom. The molecule has 0 radical (unpaired) electrons. The van der Waals surface area contributed by atoms with Crippen LogP contribution >= 0.6 is 23.2 Å². The molecule has 0 aromatic heterocycles. The third-order valence-electron chi connectivity index (χ3n) is 1.61. The number of rotatable bonds is 7. The highest BCUT2D eigenvalue weighted by Gasteiger charge is 2.23. The van der Waals surface area contributed by atoms with Gasteiger partial charge in [-0.1, -0.05) is 6.92 Å². The molecule has 0 aromatic carbocycles. The molecular weight excluding hydrogens is 225 g/mol. The van der Waals surface area contributed by atoms with E-state index in [2.05, 4.69) is 5.32 Å². The van der Waals surface area contributed by atoms with Crippen molar-refractivity contribution in [1.29, 1.82) is 0 Å². The zero-order valence-corrected chi connectivity index (χ0v) is 10.1. The summed E-state index contributed by atoms with van der Waals surface area (Å²) in [6.45, 7) is 4.44. The van der Waals surface area contributed by atoms with E-state index in [1.807, 2.05) is 6.92 Å². The van der Waals surface area contributed by atoms with E-state index < -0.39 is 5.54 Å². The molecule has 0 aliphatic heterocycles. The number of alkyl halides is 2. The second-order valence-electron chi connectivity index (χ2n) is 3.43. The summed E-state index contributed by atoms with van der Waals surface area (Å²) in [4.78, 5) is 11.3. The van der Waals surface area contributed by atoms with Crippen molar-refractivity contribution in [3.63, 3.8) is 0 Å². The van der Waals surface area contributed by atoms with Crippen molar-refractivity contribution in [1.82, 2.24) is 5.32 Å². The Bertz CT molecular complexity index is 172. The maximum absolute atomic E-state index is 11.3. The lowest BCUT2D eigenvalue weighted by atomic mass is 10.1. The van der Waals surface area contributed by atoms with E-state index in [9.17, 15) is 4.79 Å². The molecule has 0 saturated heterocycles. The highest BCUT2D eigenvalue weighted by atomic mass is 35.5. The number of halogens is 2. The number of nitrogens with one attached hydrogen (secondary N) is 1. The summed E-state index contributed by atoms with van der Waals surface area (Å²) in [5, 5.41) is 2.72. The molecule has 14 heavy (non-hydrogen) atoms. The fourth-order valence-electron chi connectivity index (χ4n) is 0.784. The van der Waals surface area contributed by atoms with Crippen molar-refractivity contribution < 1.29 is 9.53 Å². The van der Waals surface area contributed by atoms with Gasteiger partial charge >= 0.3 is 0 Å². The van der Waals surface area contributed by atoms with Crippen LogP contribution in [0.4, 0.5) is 0 Å². The van der Waals surface area contributed by atoms with E-state index in [-0.39, 0.29) is 24.3 Å². The van der Waals surface area contributed by atoms with Crippen molar-refractivity contribution in [3.8, 4) is 0 Å². The lowest BCUT2D eigenvalue weighted by molar-refractivity contribution is -0.127. The van der Waals surface area contributed by atoms with Crippen LogP contribution in [0.1, 0.15) is 20.3 Å². The smallest absolute Gasteiger partial charge is 0.246 e. The Morgan fingerprint density at radius 1 is 1.43 bits per heavy atom. The van der Waals surface area contributed by atoms with E-state index >= 15 is 0 Å². The molecule has 0 bridgehead atoms. The molecule has 0 rings (SSSR count). The van der Waals surface area contributed by atoms with Crippen LogP contribution in [0.2, 0.25) is 0 Å². The van der Waals surface area contributed by atoms with Crippen molar-refractivity contribution in [2.24, 2.45) is 0 Å². The summed E-state index contributed by atoms with van der Waals surface area (Å²) in [6, 6.07) is 0. The molecule has 0 saturated carbocycles. The fraction of sp³-hybridized carbons (Fsp3) is 0.889. The second kappa shape index (κ2) is 7.32. The first kappa shape index (κ1) is 14.0. The summed E-state index contributed by atoms with van der Waals surface area (Å²) in [7, 11) is 0. The van der Waals surface area contributed by atoms with E-state index in [1.54, 1.807) is 6.92 Å². The predicted octanol–water partition coefficient (Wildman–Crippen LogP) is 1.77. The normalized spacial score (nSPS) is 11.4. The second-order valence-corrected chi connectivity index (χ2v) is 3.96. The molecule has 5 heteroatoms. The summed E-state index contributed by atoms with van der Waals surface area (Å²) >= 11 is 11.3. The highest BCUT2D eigenvalue weighted by molar-refractivity contribution is 6.22. The first-order valence-corrected chi connectivity index (χ1v) is 5.65. The van der Waals surface area contributed by atoms with Crippen LogP contribution in [-0.2, 0) is 9.53 Å². The minimum atomic E-state index is -0.546. The number of hydrogen-bond acceptors (Lipinski definition) is 2. The van der Waals surface area contributed by atoms with Gasteiger partial charge in [-0.3, -0.25) is 4.79 Å². The van der Waals surface area contributed by atoms with Crippen LogP contribution in [0, 0.1) is 0 Å². The standard InChI is InChI=1S/C9H17Cl2NO2/c1-3-4-14-5-8(13)12-9(2,6-10)7-11/h3-7H2,1-2H3,(H,12,13). The average Bonchev–Trinajstić information content (AvgIpc) is 2.18. The number of carbonyl (C=O) groups excluding carboxylic acids is 1. The van der Waals surface area contributed by atoms with Crippen molar-refractivity contribution in [2.45, 2.75) is 25.8 Å². The summed E-state index contributed by atoms with van der Waals surface area (Å²) in [6.07, 6.45) is 0.898. The quantitative estimate of drug-likeness (QED) is 0.545. The van der Waals surface area contributed by atoms with Gasteiger partial charge in [-0.05, 0) is 13.3 Å². The third kappa shape index (κ3) is 5.68. The number of carbonyl (C=O) groups is 1. The molecule has 0 aromatic rings. The maximum Gasteiger partial charge on any atom is 0.246 e. The zero-order chi connectivity index (χ0) is 11.0. The summed E-state index contributed by atoms with van der Waals surface area (Å²) < 4.78 is 5.08. The monoisotopic (exact) mass is 241 g/mol. The van der Waals surface area contributed by atoms with Gasteiger partial charge < -0.3 is 10.1 Å². The molecule has 84 valence electrons.